The average molecular weight is 382 g/mol. The van der Waals surface area contributed by atoms with Crippen LogP contribution in [0.3, 0.4) is 0 Å². The molecule has 0 aliphatic carbocycles. The van der Waals surface area contributed by atoms with Crippen LogP contribution >= 0.6 is 0 Å². The van der Waals surface area contributed by atoms with Gasteiger partial charge in [0.15, 0.2) is 5.78 Å². The van der Waals surface area contributed by atoms with Crippen molar-refractivity contribution in [2.75, 3.05) is 5.32 Å². The normalized spacial score (nSPS) is 10.8. The van der Waals surface area contributed by atoms with Crippen LogP contribution < -0.4 is 5.32 Å². The van der Waals surface area contributed by atoms with Gasteiger partial charge in [0.2, 0.25) is 5.91 Å². The van der Waals surface area contributed by atoms with Gasteiger partial charge in [-0.15, -0.1) is 0 Å². The minimum atomic E-state index is -0.123. The minimum absolute atomic E-state index is 0.0456. The Kier molecular flexibility index (Phi) is 5.00. The van der Waals surface area contributed by atoms with Crippen LogP contribution in [0.5, 0.6) is 0 Å². The molecule has 0 aliphatic rings. The van der Waals surface area contributed by atoms with Crippen LogP contribution in [0.1, 0.15) is 27.0 Å². The molecule has 0 atom stereocenters. The van der Waals surface area contributed by atoms with Crippen LogP contribution in [0.15, 0.2) is 79.0 Å². The largest absolute Gasteiger partial charge is 0.337 e. The molecule has 0 bridgehead atoms. The highest BCUT2D eigenvalue weighted by Gasteiger charge is 2.18. The van der Waals surface area contributed by atoms with Crippen molar-refractivity contribution in [3.05, 3.63) is 101 Å². The van der Waals surface area contributed by atoms with E-state index in [4.69, 9.17) is 0 Å². The molecule has 4 heteroatoms. The maximum Gasteiger partial charge on any atom is 0.244 e. The van der Waals surface area contributed by atoms with E-state index in [2.05, 4.69) is 5.32 Å². The Morgan fingerprint density at radius 2 is 1.48 bits per heavy atom. The zero-order valence-corrected chi connectivity index (χ0v) is 16.5. The first-order valence-electron chi connectivity index (χ1n) is 9.58. The first-order chi connectivity index (χ1) is 14.0. The van der Waals surface area contributed by atoms with Gasteiger partial charge in [-0.2, -0.15) is 0 Å². The lowest BCUT2D eigenvalue weighted by atomic mass is 10.0. The molecule has 1 aromatic heterocycles. The molecule has 0 aliphatic heterocycles. The standard InChI is InChI=1S/C25H22N2O2/c1-17-9-8-10-18(2)24(17)26-23(28)16-27-15-21(20-13-6-7-14-22(20)27)25(29)19-11-4-3-5-12-19/h3-15H,16H2,1-2H3,(H,26,28). The number of carbonyl (C=O) groups is 2. The molecule has 3 aromatic carbocycles. The third kappa shape index (κ3) is 3.69. The molecule has 4 aromatic rings. The smallest absolute Gasteiger partial charge is 0.244 e. The number of anilines is 1. The Balaban J connectivity index is 1.66. The summed E-state index contributed by atoms with van der Waals surface area (Å²) < 4.78 is 1.84. The molecule has 4 nitrogen and oxygen atoms in total. The number of aryl methyl sites for hydroxylation is 2. The number of benzene rings is 3. The zero-order valence-electron chi connectivity index (χ0n) is 16.5. The predicted molar refractivity (Wildman–Crippen MR) is 116 cm³/mol. The summed E-state index contributed by atoms with van der Waals surface area (Å²) in [5, 5.41) is 3.87. The number of fused-ring (bicyclic) bond motifs is 1. The second-order valence-electron chi connectivity index (χ2n) is 7.20. The highest BCUT2D eigenvalue weighted by molar-refractivity contribution is 6.16. The summed E-state index contributed by atoms with van der Waals surface area (Å²) in [6, 6.07) is 22.8. The van der Waals surface area contributed by atoms with E-state index in [1.807, 2.05) is 91.2 Å². The van der Waals surface area contributed by atoms with Crippen molar-refractivity contribution in [2.45, 2.75) is 20.4 Å². The monoisotopic (exact) mass is 382 g/mol. The maximum absolute atomic E-state index is 13.0. The van der Waals surface area contributed by atoms with Crippen LogP contribution in [0.4, 0.5) is 5.69 Å². The van der Waals surface area contributed by atoms with Crippen LogP contribution in [-0.4, -0.2) is 16.3 Å². The Morgan fingerprint density at radius 1 is 0.828 bits per heavy atom. The minimum Gasteiger partial charge on any atom is -0.337 e. The Bertz CT molecular complexity index is 1190. The van der Waals surface area contributed by atoms with E-state index in [-0.39, 0.29) is 18.2 Å². The third-order valence-corrected chi connectivity index (χ3v) is 5.13. The molecule has 0 fully saturated rings. The summed E-state index contributed by atoms with van der Waals surface area (Å²) in [5.74, 6) is -0.169. The quantitative estimate of drug-likeness (QED) is 0.487. The first-order valence-corrected chi connectivity index (χ1v) is 9.58. The van der Waals surface area contributed by atoms with Crippen molar-refractivity contribution in [3.8, 4) is 0 Å². The Labute approximate surface area is 169 Å². The summed E-state index contributed by atoms with van der Waals surface area (Å²) in [7, 11) is 0. The topological polar surface area (TPSA) is 51.1 Å². The number of para-hydroxylation sites is 2. The Hall–Kier alpha value is -3.66. The molecular weight excluding hydrogens is 360 g/mol. The van der Waals surface area contributed by atoms with Gasteiger partial charge >= 0.3 is 0 Å². The van der Waals surface area contributed by atoms with Crippen LogP contribution in [-0.2, 0) is 11.3 Å². The molecule has 0 radical (unpaired) electrons. The molecule has 144 valence electrons. The van der Waals surface area contributed by atoms with Gasteiger partial charge in [0.05, 0.1) is 0 Å². The number of nitrogens with one attached hydrogen (secondary N) is 1. The van der Waals surface area contributed by atoms with Crippen molar-refractivity contribution in [1.29, 1.82) is 0 Å². The van der Waals surface area contributed by atoms with E-state index in [0.29, 0.717) is 11.1 Å². The van der Waals surface area contributed by atoms with E-state index in [9.17, 15) is 9.59 Å². The fraction of sp³-hybridized carbons (Fsp3) is 0.120. The van der Waals surface area contributed by atoms with E-state index in [1.54, 1.807) is 6.20 Å². The second-order valence-corrected chi connectivity index (χ2v) is 7.20. The lowest BCUT2D eigenvalue weighted by molar-refractivity contribution is -0.116. The van der Waals surface area contributed by atoms with E-state index in [0.717, 1.165) is 27.7 Å². The highest BCUT2D eigenvalue weighted by Crippen LogP contribution is 2.25. The lowest BCUT2D eigenvalue weighted by Gasteiger charge is -2.12. The zero-order chi connectivity index (χ0) is 20.4. The highest BCUT2D eigenvalue weighted by atomic mass is 16.2. The summed E-state index contributed by atoms with van der Waals surface area (Å²) in [6.45, 7) is 4.09. The number of aromatic nitrogens is 1. The van der Waals surface area contributed by atoms with E-state index in [1.165, 1.54) is 0 Å². The van der Waals surface area contributed by atoms with Gasteiger partial charge in [0, 0.05) is 33.9 Å². The fourth-order valence-corrected chi connectivity index (χ4v) is 3.65. The number of hydrogen-bond donors (Lipinski definition) is 1. The lowest BCUT2D eigenvalue weighted by Crippen LogP contribution is -2.19. The Morgan fingerprint density at radius 3 is 2.21 bits per heavy atom. The van der Waals surface area contributed by atoms with E-state index < -0.39 is 0 Å². The summed E-state index contributed by atoms with van der Waals surface area (Å²) in [4.78, 5) is 25.8. The number of amides is 1. The van der Waals surface area contributed by atoms with Gasteiger partial charge in [-0.25, -0.2) is 0 Å². The van der Waals surface area contributed by atoms with Crippen molar-refractivity contribution in [3.63, 3.8) is 0 Å². The number of rotatable bonds is 5. The molecule has 1 N–H and O–H groups in total. The van der Waals surface area contributed by atoms with Gasteiger partial charge in [0.1, 0.15) is 6.54 Å². The average Bonchev–Trinajstić information content (AvgIpc) is 3.09. The fourth-order valence-electron chi connectivity index (χ4n) is 3.65. The molecule has 0 saturated carbocycles. The molecule has 4 rings (SSSR count). The van der Waals surface area contributed by atoms with Gasteiger partial charge < -0.3 is 9.88 Å². The molecular formula is C25H22N2O2. The summed E-state index contributed by atoms with van der Waals surface area (Å²) in [5.41, 5.74) is 4.99. The molecule has 0 saturated heterocycles. The van der Waals surface area contributed by atoms with Crippen molar-refractivity contribution in [2.24, 2.45) is 0 Å². The first kappa shape index (κ1) is 18.7. The predicted octanol–water partition coefficient (Wildman–Crippen LogP) is 5.13. The third-order valence-electron chi connectivity index (χ3n) is 5.13. The van der Waals surface area contributed by atoms with Crippen LogP contribution in [0.25, 0.3) is 10.9 Å². The molecule has 1 heterocycles. The number of ketones is 1. The summed E-state index contributed by atoms with van der Waals surface area (Å²) in [6.07, 6.45) is 1.78. The van der Waals surface area contributed by atoms with Crippen molar-refractivity contribution >= 4 is 28.3 Å². The van der Waals surface area contributed by atoms with Crippen molar-refractivity contribution < 1.29 is 9.59 Å². The van der Waals surface area contributed by atoms with Gasteiger partial charge in [-0.3, -0.25) is 9.59 Å². The van der Waals surface area contributed by atoms with Gasteiger partial charge in [-0.05, 0) is 31.0 Å². The molecule has 29 heavy (non-hydrogen) atoms. The number of nitrogens with zero attached hydrogens (tertiary/aromatic N) is 1. The van der Waals surface area contributed by atoms with Gasteiger partial charge in [-0.1, -0.05) is 66.7 Å². The van der Waals surface area contributed by atoms with E-state index >= 15 is 0 Å². The second kappa shape index (κ2) is 7.76. The number of hydrogen-bond acceptors (Lipinski definition) is 2. The molecule has 0 spiro atoms. The number of carbonyl (C=O) groups excluding carboxylic acids is 2. The molecule has 0 unspecified atom stereocenters. The van der Waals surface area contributed by atoms with Gasteiger partial charge in [0.25, 0.3) is 0 Å². The maximum atomic E-state index is 13.0. The van der Waals surface area contributed by atoms with Crippen molar-refractivity contribution in [1.82, 2.24) is 4.57 Å². The van der Waals surface area contributed by atoms with Crippen LogP contribution in [0.2, 0.25) is 0 Å². The molecule has 1 amide bonds. The van der Waals surface area contributed by atoms with Crippen LogP contribution in [0, 0.1) is 13.8 Å². The SMILES string of the molecule is Cc1cccc(C)c1NC(=O)Cn1cc(C(=O)c2ccccc2)c2ccccc21. The summed E-state index contributed by atoms with van der Waals surface area (Å²) >= 11 is 0.